The molecule has 0 saturated heterocycles. The molecule has 27 heavy (non-hydrogen) atoms. The summed E-state index contributed by atoms with van der Waals surface area (Å²) in [5, 5.41) is 13.8. The maximum Gasteiger partial charge on any atom is 0.165 e. The number of allylic oxidation sites excluding steroid dienone is 1. The number of benzene rings is 2. The first-order chi connectivity index (χ1) is 13.2. The Bertz CT molecular complexity index is 703. The molecule has 2 N–H and O–H groups in total. The lowest BCUT2D eigenvalue weighted by molar-refractivity contribution is 0.219. The number of aliphatic hydroxyl groups is 1. The highest BCUT2D eigenvalue weighted by Gasteiger charge is 2.13. The van der Waals surface area contributed by atoms with Crippen LogP contribution in [0.25, 0.3) is 0 Å². The maximum absolute atomic E-state index is 13.8. The molecule has 0 saturated carbocycles. The van der Waals surface area contributed by atoms with E-state index < -0.39 is 11.9 Å². The Labute approximate surface area is 160 Å². The molecule has 0 bridgehead atoms. The third-order valence-electron chi connectivity index (χ3n) is 4.25. The number of nitrogens with one attached hydrogen (secondary N) is 1. The van der Waals surface area contributed by atoms with E-state index in [1.165, 1.54) is 19.2 Å². The van der Waals surface area contributed by atoms with Crippen LogP contribution in [0.1, 0.15) is 36.5 Å². The van der Waals surface area contributed by atoms with Gasteiger partial charge in [0, 0.05) is 6.54 Å². The molecule has 0 aliphatic heterocycles. The first kappa shape index (κ1) is 20.9. The van der Waals surface area contributed by atoms with Gasteiger partial charge in [0.25, 0.3) is 0 Å². The van der Waals surface area contributed by atoms with Gasteiger partial charge in [-0.1, -0.05) is 24.3 Å². The number of halogens is 1. The van der Waals surface area contributed by atoms with Gasteiger partial charge in [0.2, 0.25) is 0 Å². The van der Waals surface area contributed by atoms with Gasteiger partial charge in [0.1, 0.15) is 18.5 Å². The van der Waals surface area contributed by atoms with Crippen molar-refractivity contribution in [1.29, 1.82) is 0 Å². The molecule has 0 aliphatic carbocycles. The first-order valence-electron chi connectivity index (χ1n) is 9.21. The van der Waals surface area contributed by atoms with E-state index in [0.29, 0.717) is 17.7 Å². The second-order valence-electron chi connectivity index (χ2n) is 6.25. The van der Waals surface area contributed by atoms with E-state index in [-0.39, 0.29) is 5.75 Å². The van der Waals surface area contributed by atoms with Crippen molar-refractivity contribution in [3.05, 3.63) is 72.1 Å². The van der Waals surface area contributed by atoms with Crippen LogP contribution in [0, 0.1) is 5.82 Å². The largest absolute Gasteiger partial charge is 0.494 e. The van der Waals surface area contributed by atoms with Gasteiger partial charge < -0.3 is 19.9 Å². The summed E-state index contributed by atoms with van der Waals surface area (Å²) >= 11 is 0. The Morgan fingerprint density at radius 1 is 1.11 bits per heavy atom. The van der Waals surface area contributed by atoms with Crippen molar-refractivity contribution < 1.29 is 19.0 Å². The average molecular weight is 373 g/mol. The number of hydrogen-bond donors (Lipinski definition) is 2. The van der Waals surface area contributed by atoms with Gasteiger partial charge >= 0.3 is 0 Å². The van der Waals surface area contributed by atoms with Crippen LogP contribution in [0.15, 0.2) is 55.1 Å². The minimum atomic E-state index is -0.906. The third-order valence-corrected chi connectivity index (χ3v) is 4.25. The normalized spacial score (nSPS) is 11.8. The number of ether oxygens (including phenoxy) is 2. The van der Waals surface area contributed by atoms with Crippen LogP contribution >= 0.6 is 0 Å². The number of rotatable bonds is 12. The van der Waals surface area contributed by atoms with Crippen LogP contribution < -0.4 is 14.8 Å². The van der Waals surface area contributed by atoms with Crippen molar-refractivity contribution in [3.8, 4) is 11.5 Å². The monoisotopic (exact) mass is 373 g/mol. The van der Waals surface area contributed by atoms with Crippen LogP contribution in [0.4, 0.5) is 4.39 Å². The maximum atomic E-state index is 13.8. The summed E-state index contributed by atoms with van der Waals surface area (Å²) < 4.78 is 24.4. The van der Waals surface area contributed by atoms with Crippen LogP contribution in [0.3, 0.4) is 0 Å². The first-order valence-corrected chi connectivity index (χ1v) is 9.21. The molecule has 0 heterocycles. The second kappa shape index (κ2) is 11.4. The van der Waals surface area contributed by atoms with Gasteiger partial charge in [-0.25, -0.2) is 4.39 Å². The van der Waals surface area contributed by atoms with Gasteiger partial charge in [-0.05, 0) is 61.2 Å². The van der Waals surface area contributed by atoms with E-state index in [1.807, 2.05) is 18.2 Å². The van der Waals surface area contributed by atoms with Gasteiger partial charge in [-0.15, -0.1) is 6.58 Å². The van der Waals surface area contributed by atoms with Gasteiger partial charge in [0.05, 0.1) is 7.11 Å². The van der Waals surface area contributed by atoms with Crippen molar-refractivity contribution in [2.24, 2.45) is 0 Å². The van der Waals surface area contributed by atoms with Crippen LogP contribution in [0.2, 0.25) is 0 Å². The number of methoxy groups -OCH3 is 1. The van der Waals surface area contributed by atoms with E-state index in [1.54, 1.807) is 18.2 Å². The molecule has 1 unspecified atom stereocenters. The van der Waals surface area contributed by atoms with Crippen LogP contribution in [0.5, 0.6) is 11.5 Å². The lowest BCUT2D eigenvalue weighted by Crippen LogP contribution is -2.22. The smallest absolute Gasteiger partial charge is 0.165 e. The molecule has 2 aromatic carbocycles. The molecular formula is C22H28FNO3. The number of unbranched alkanes of at least 4 members (excludes halogenated alkanes) is 2. The average Bonchev–Trinajstić information content (AvgIpc) is 2.70. The second-order valence-corrected chi connectivity index (χ2v) is 6.25. The zero-order chi connectivity index (χ0) is 19.5. The Hall–Kier alpha value is -2.37. The molecular weight excluding hydrogens is 345 g/mol. The lowest BCUT2D eigenvalue weighted by atomic mass is 10.0. The van der Waals surface area contributed by atoms with Crippen LogP contribution in [-0.2, 0) is 0 Å². The summed E-state index contributed by atoms with van der Waals surface area (Å²) in [5.41, 5.74) is 1.15. The number of hydrogen-bond acceptors (Lipinski definition) is 4. The minimum absolute atomic E-state index is 0.156. The van der Waals surface area contributed by atoms with Crippen molar-refractivity contribution in [2.75, 3.05) is 26.8 Å². The molecule has 1 atom stereocenters. The fraction of sp³-hybridized carbons (Fsp3) is 0.364. The molecule has 5 heteroatoms. The summed E-state index contributed by atoms with van der Waals surface area (Å²) in [4.78, 5) is 0. The molecule has 146 valence electrons. The fourth-order valence-corrected chi connectivity index (χ4v) is 2.70. The Kier molecular flexibility index (Phi) is 8.81. The summed E-state index contributed by atoms with van der Waals surface area (Å²) in [5.74, 6) is 0.398. The molecule has 0 spiro atoms. The highest BCUT2D eigenvalue weighted by molar-refractivity contribution is 5.37. The van der Waals surface area contributed by atoms with Crippen molar-refractivity contribution in [2.45, 2.75) is 25.4 Å². The Morgan fingerprint density at radius 2 is 1.85 bits per heavy atom. The predicted molar refractivity (Wildman–Crippen MR) is 106 cm³/mol. The minimum Gasteiger partial charge on any atom is -0.494 e. The summed E-state index contributed by atoms with van der Waals surface area (Å²) in [6.45, 7) is 6.04. The van der Waals surface area contributed by atoms with Gasteiger partial charge in [-0.2, -0.15) is 0 Å². The lowest BCUT2D eigenvalue weighted by Gasteiger charge is -2.14. The van der Waals surface area contributed by atoms with E-state index in [2.05, 4.69) is 11.9 Å². The molecule has 0 aliphatic rings. The van der Waals surface area contributed by atoms with Gasteiger partial charge in [-0.3, -0.25) is 0 Å². The fourth-order valence-electron chi connectivity index (χ4n) is 2.70. The van der Waals surface area contributed by atoms with E-state index in [0.717, 1.165) is 38.1 Å². The summed E-state index contributed by atoms with van der Waals surface area (Å²) in [6.07, 6.45) is 4.37. The molecule has 0 fully saturated rings. The van der Waals surface area contributed by atoms with Gasteiger partial charge in [0.15, 0.2) is 11.6 Å². The van der Waals surface area contributed by atoms with E-state index in [4.69, 9.17) is 9.47 Å². The topological polar surface area (TPSA) is 50.7 Å². The van der Waals surface area contributed by atoms with Crippen molar-refractivity contribution in [3.63, 3.8) is 0 Å². The third kappa shape index (κ3) is 6.70. The Balaban J connectivity index is 1.79. The number of aliphatic hydroxyl groups excluding tert-OH is 1. The van der Waals surface area contributed by atoms with Crippen molar-refractivity contribution in [1.82, 2.24) is 5.32 Å². The SMILES string of the molecule is C=CCCCCNCCOc1ccc(C(O)c2ccc(OC)c(F)c2)cc1. The molecule has 2 rings (SSSR count). The molecule has 0 amide bonds. The highest BCUT2D eigenvalue weighted by atomic mass is 19.1. The zero-order valence-electron chi connectivity index (χ0n) is 15.8. The zero-order valence-corrected chi connectivity index (χ0v) is 15.8. The predicted octanol–water partition coefficient (Wildman–Crippen LogP) is 4.24. The van der Waals surface area contributed by atoms with Crippen LogP contribution in [-0.4, -0.2) is 31.9 Å². The summed E-state index contributed by atoms with van der Waals surface area (Å²) in [6, 6.07) is 11.6. The molecule has 0 aromatic heterocycles. The standard InChI is InChI=1S/C22H28FNO3/c1-3-4-5-6-13-24-14-15-27-19-10-7-17(8-11-19)22(25)18-9-12-21(26-2)20(23)16-18/h3,7-12,16,22,24-25H,1,4-6,13-15H2,2H3. The van der Waals surface area contributed by atoms with E-state index in [9.17, 15) is 9.50 Å². The highest BCUT2D eigenvalue weighted by Crippen LogP contribution is 2.27. The summed E-state index contributed by atoms with van der Waals surface area (Å²) in [7, 11) is 1.41. The van der Waals surface area contributed by atoms with Crippen molar-refractivity contribution >= 4 is 0 Å². The molecule has 2 aromatic rings. The molecule has 4 nitrogen and oxygen atoms in total. The molecule has 0 radical (unpaired) electrons. The Morgan fingerprint density at radius 3 is 2.52 bits per heavy atom. The quantitative estimate of drug-likeness (QED) is 0.432. The van der Waals surface area contributed by atoms with E-state index >= 15 is 0 Å².